The number of aromatic amines is 1. The summed E-state index contributed by atoms with van der Waals surface area (Å²) in [6, 6.07) is 7.86. The highest BCUT2D eigenvalue weighted by Crippen LogP contribution is 2.24. The molecule has 0 aliphatic rings. The smallest absolute Gasteiger partial charge is 0.258 e. The van der Waals surface area contributed by atoms with Crippen LogP contribution in [0.25, 0.3) is 5.82 Å². The Morgan fingerprint density at radius 2 is 2.06 bits per heavy atom. The van der Waals surface area contributed by atoms with Crippen LogP contribution in [0.3, 0.4) is 0 Å². The largest absolute Gasteiger partial charge is 0.485 e. The molecule has 3 heterocycles. The maximum Gasteiger partial charge on any atom is 0.258 e. The van der Waals surface area contributed by atoms with Crippen molar-refractivity contribution in [2.24, 2.45) is 0 Å². The van der Waals surface area contributed by atoms with Crippen molar-refractivity contribution in [3.05, 3.63) is 77.5 Å². The number of rotatable bonds is 8. The number of H-pyrrole nitrogens is 1. The summed E-state index contributed by atoms with van der Waals surface area (Å²) in [5, 5.41) is 13.7. The maximum atomic E-state index is 12.7. The van der Waals surface area contributed by atoms with Gasteiger partial charge in [-0.3, -0.25) is 14.6 Å². The quantitative estimate of drug-likeness (QED) is 0.346. The van der Waals surface area contributed by atoms with Gasteiger partial charge in [0.05, 0.1) is 29.9 Å². The second-order valence-electron chi connectivity index (χ2n) is 6.95. The Hall–Kier alpha value is -3.90. The van der Waals surface area contributed by atoms with Gasteiger partial charge >= 0.3 is 0 Å². The fourth-order valence-corrected chi connectivity index (χ4v) is 3.66. The highest BCUT2D eigenvalue weighted by atomic mass is 35.5. The van der Waals surface area contributed by atoms with Crippen LogP contribution in [0.5, 0.6) is 5.75 Å². The molecule has 0 spiro atoms. The first kappa shape index (κ1) is 22.3. The van der Waals surface area contributed by atoms with Gasteiger partial charge in [0, 0.05) is 34.9 Å². The average Bonchev–Trinajstić information content (AvgIpc) is 3.43. The third-order valence-corrected chi connectivity index (χ3v) is 5.05. The van der Waals surface area contributed by atoms with Gasteiger partial charge in [0.2, 0.25) is 10.0 Å². The topological polar surface area (TPSA) is 144 Å². The van der Waals surface area contributed by atoms with Gasteiger partial charge in [-0.2, -0.15) is 10.2 Å². The first-order valence-electron chi connectivity index (χ1n) is 9.47. The van der Waals surface area contributed by atoms with E-state index < -0.39 is 15.9 Å². The number of nitrogens with zero attached hydrogens (tertiary/aromatic N) is 4. The molecule has 13 heteroatoms. The highest BCUT2D eigenvalue weighted by molar-refractivity contribution is 7.92. The summed E-state index contributed by atoms with van der Waals surface area (Å²) in [5.74, 6) is 0.410. The van der Waals surface area contributed by atoms with Gasteiger partial charge < -0.3 is 10.1 Å². The Morgan fingerprint density at radius 1 is 1.24 bits per heavy atom. The summed E-state index contributed by atoms with van der Waals surface area (Å²) in [4.78, 5) is 17.0. The molecule has 3 N–H and O–H groups in total. The third-order valence-electron chi connectivity index (χ3n) is 4.22. The van der Waals surface area contributed by atoms with Gasteiger partial charge in [0.1, 0.15) is 6.61 Å². The number of amides is 1. The molecule has 33 heavy (non-hydrogen) atoms. The van der Waals surface area contributed by atoms with Gasteiger partial charge in [0.25, 0.3) is 5.91 Å². The number of carbonyl (C=O) groups excluding carboxylic acids is 1. The average molecular weight is 488 g/mol. The third kappa shape index (κ3) is 5.87. The van der Waals surface area contributed by atoms with Crippen LogP contribution in [0, 0.1) is 0 Å². The number of anilines is 2. The van der Waals surface area contributed by atoms with Crippen LogP contribution in [0.1, 0.15) is 15.9 Å². The normalized spacial score (nSPS) is 11.2. The summed E-state index contributed by atoms with van der Waals surface area (Å²) < 4.78 is 32.5. The molecule has 0 radical (unpaired) electrons. The lowest BCUT2D eigenvalue weighted by Crippen LogP contribution is -2.13. The van der Waals surface area contributed by atoms with Gasteiger partial charge in [-0.05, 0) is 30.3 Å². The van der Waals surface area contributed by atoms with E-state index in [0.717, 1.165) is 11.8 Å². The van der Waals surface area contributed by atoms with Crippen LogP contribution < -0.4 is 14.8 Å². The predicted octanol–water partition coefficient (Wildman–Crippen LogP) is 2.85. The highest BCUT2D eigenvalue weighted by Gasteiger charge is 2.15. The lowest BCUT2D eigenvalue weighted by atomic mass is 10.2. The van der Waals surface area contributed by atoms with Gasteiger partial charge in [-0.1, -0.05) is 11.6 Å². The molecule has 1 amide bonds. The number of nitrogens with one attached hydrogen (secondary N) is 3. The van der Waals surface area contributed by atoms with Crippen LogP contribution >= 0.6 is 11.6 Å². The molecular formula is C20H18ClN7O4S. The summed E-state index contributed by atoms with van der Waals surface area (Å²) in [6.45, 7) is 0.280. The molecule has 0 aliphatic carbocycles. The van der Waals surface area contributed by atoms with E-state index in [0.29, 0.717) is 17.3 Å². The van der Waals surface area contributed by atoms with E-state index >= 15 is 0 Å². The van der Waals surface area contributed by atoms with E-state index in [1.807, 2.05) is 0 Å². The van der Waals surface area contributed by atoms with E-state index in [9.17, 15) is 13.2 Å². The zero-order valence-electron chi connectivity index (χ0n) is 17.2. The second kappa shape index (κ2) is 9.30. The second-order valence-corrected chi connectivity index (χ2v) is 9.14. The number of hydrogen-bond acceptors (Lipinski definition) is 7. The van der Waals surface area contributed by atoms with Crippen molar-refractivity contribution in [3.63, 3.8) is 0 Å². The van der Waals surface area contributed by atoms with E-state index in [4.69, 9.17) is 16.3 Å². The Balaban J connectivity index is 1.51. The number of sulfonamides is 1. The summed E-state index contributed by atoms with van der Waals surface area (Å²) in [6.07, 6.45) is 8.86. The number of benzene rings is 1. The standard InChI is InChI=1S/C20H18ClN7O4S/c1-33(30,31)27-17-6-15(21)5-16(7-17)26-20(29)14-10-25-28(11-14)19-18(3-2-4-22-19)32-12-13-8-23-24-9-13/h2-11,27H,12H2,1H3,(H,23,24)(H,26,29). The molecule has 11 nitrogen and oxygen atoms in total. The molecule has 4 aromatic rings. The minimum absolute atomic E-state index is 0.226. The van der Waals surface area contributed by atoms with Crippen LogP contribution in [0.2, 0.25) is 5.02 Å². The van der Waals surface area contributed by atoms with Gasteiger partial charge in [-0.15, -0.1) is 0 Å². The number of aromatic nitrogens is 5. The van der Waals surface area contributed by atoms with Crippen molar-refractivity contribution in [1.82, 2.24) is 25.0 Å². The minimum Gasteiger partial charge on any atom is -0.485 e. The number of hydrogen-bond donors (Lipinski definition) is 3. The number of ether oxygens (including phenoxy) is 1. The van der Waals surface area contributed by atoms with E-state index in [1.54, 1.807) is 30.7 Å². The van der Waals surface area contributed by atoms with Crippen LogP contribution in [0.15, 0.2) is 61.3 Å². The fraction of sp³-hybridized carbons (Fsp3) is 0.100. The molecule has 170 valence electrons. The van der Waals surface area contributed by atoms with E-state index in [1.165, 1.54) is 35.3 Å². The van der Waals surface area contributed by atoms with E-state index in [2.05, 4.69) is 30.3 Å². The number of carbonyl (C=O) groups is 1. The Morgan fingerprint density at radius 3 is 2.82 bits per heavy atom. The molecule has 1 aromatic carbocycles. The Labute approximate surface area is 193 Å². The van der Waals surface area contributed by atoms with Crippen molar-refractivity contribution in [3.8, 4) is 11.6 Å². The lowest BCUT2D eigenvalue weighted by Gasteiger charge is -2.10. The van der Waals surface area contributed by atoms with Crippen LogP contribution in [0.4, 0.5) is 11.4 Å². The van der Waals surface area contributed by atoms with Crippen LogP contribution in [-0.4, -0.2) is 45.5 Å². The van der Waals surface area contributed by atoms with E-state index in [-0.39, 0.29) is 22.9 Å². The number of pyridine rings is 1. The van der Waals surface area contributed by atoms with Crippen molar-refractivity contribution in [2.75, 3.05) is 16.3 Å². The summed E-state index contributed by atoms with van der Waals surface area (Å²) in [7, 11) is -3.50. The van der Waals surface area contributed by atoms with Gasteiger partial charge in [0.15, 0.2) is 11.6 Å². The minimum atomic E-state index is -3.50. The molecule has 0 bridgehead atoms. The molecule has 0 saturated heterocycles. The summed E-state index contributed by atoms with van der Waals surface area (Å²) in [5.41, 5.74) is 1.65. The zero-order valence-corrected chi connectivity index (χ0v) is 18.8. The monoisotopic (exact) mass is 487 g/mol. The molecule has 0 atom stereocenters. The number of halogens is 1. The Kier molecular flexibility index (Phi) is 6.29. The van der Waals surface area contributed by atoms with Crippen molar-refractivity contribution >= 4 is 38.9 Å². The first-order chi connectivity index (χ1) is 15.8. The molecule has 3 aromatic heterocycles. The Bertz CT molecular complexity index is 1390. The van der Waals surface area contributed by atoms with Crippen molar-refractivity contribution in [2.45, 2.75) is 6.61 Å². The fourth-order valence-electron chi connectivity index (χ4n) is 2.88. The maximum absolute atomic E-state index is 12.7. The van der Waals surface area contributed by atoms with Crippen molar-refractivity contribution < 1.29 is 17.9 Å². The van der Waals surface area contributed by atoms with Crippen LogP contribution in [-0.2, 0) is 16.6 Å². The SMILES string of the molecule is CS(=O)(=O)Nc1cc(Cl)cc(NC(=O)c2cnn(-c3ncccc3OCc3cn[nH]c3)c2)c1. The summed E-state index contributed by atoms with van der Waals surface area (Å²) >= 11 is 6.05. The zero-order chi connectivity index (χ0) is 23.4. The molecule has 0 unspecified atom stereocenters. The molecule has 4 rings (SSSR count). The molecule has 0 aliphatic heterocycles. The molecule has 0 saturated carbocycles. The van der Waals surface area contributed by atoms with Crippen molar-refractivity contribution in [1.29, 1.82) is 0 Å². The lowest BCUT2D eigenvalue weighted by molar-refractivity contribution is 0.102. The van der Waals surface area contributed by atoms with Gasteiger partial charge in [-0.25, -0.2) is 18.1 Å². The predicted molar refractivity (Wildman–Crippen MR) is 122 cm³/mol. The molecule has 0 fully saturated rings. The molecular weight excluding hydrogens is 470 g/mol. The first-order valence-corrected chi connectivity index (χ1v) is 11.7.